The Bertz CT molecular complexity index is 1140. The molecule has 1 heterocycles. The fourth-order valence-corrected chi connectivity index (χ4v) is 3.26. The maximum absolute atomic E-state index is 13.2. The van der Waals surface area contributed by atoms with Gasteiger partial charge in [-0.25, -0.2) is 4.39 Å². The van der Waals surface area contributed by atoms with Crippen LogP contribution in [0.4, 0.5) is 10.1 Å². The molecule has 0 saturated carbocycles. The van der Waals surface area contributed by atoms with E-state index in [2.05, 4.69) is 4.98 Å². The Morgan fingerprint density at radius 2 is 1.67 bits per heavy atom. The minimum atomic E-state index is -0.378. The van der Waals surface area contributed by atoms with Gasteiger partial charge in [-0.15, -0.1) is 0 Å². The van der Waals surface area contributed by atoms with Gasteiger partial charge in [-0.2, -0.15) is 0 Å². The van der Waals surface area contributed by atoms with Gasteiger partial charge in [0.15, 0.2) is 0 Å². The third-order valence-corrected chi connectivity index (χ3v) is 4.48. The number of para-hydroxylation sites is 1. The molecule has 5 heteroatoms. The van der Waals surface area contributed by atoms with Crippen molar-refractivity contribution in [1.29, 1.82) is 0 Å². The van der Waals surface area contributed by atoms with Crippen molar-refractivity contribution >= 4 is 16.6 Å². The van der Waals surface area contributed by atoms with Crippen LogP contribution in [0.1, 0.15) is 11.1 Å². The molecule has 0 aliphatic carbocycles. The van der Waals surface area contributed by atoms with Gasteiger partial charge < -0.3 is 0 Å². The topological polar surface area (TPSA) is 56.0 Å². The quantitative estimate of drug-likeness (QED) is 0.355. The molecule has 0 aliphatic heterocycles. The summed E-state index contributed by atoms with van der Waals surface area (Å²) in [4.78, 5) is 15.6. The molecule has 0 radical (unpaired) electrons. The van der Waals surface area contributed by atoms with Crippen LogP contribution in [0.25, 0.3) is 22.0 Å². The van der Waals surface area contributed by atoms with Gasteiger partial charge in [0.2, 0.25) is 0 Å². The van der Waals surface area contributed by atoms with E-state index < -0.39 is 0 Å². The summed E-state index contributed by atoms with van der Waals surface area (Å²) in [5.41, 5.74) is 3.96. The van der Waals surface area contributed by atoms with E-state index in [-0.39, 0.29) is 16.4 Å². The van der Waals surface area contributed by atoms with Crippen molar-refractivity contribution in [2.24, 2.45) is 0 Å². The van der Waals surface area contributed by atoms with E-state index in [0.717, 1.165) is 27.6 Å². The van der Waals surface area contributed by atoms with Crippen molar-refractivity contribution in [3.05, 3.63) is 106 Å². The van der Waals surface area contributed by atoms with Gasteiger partial charge >= 0.3 is 0 Å². The Morgan fingerprint density at radius 1 is 0.889 bits per heavy atom. The lowest BCUT2D eigenvalue weighted by Crippen LogP contribution is -1.96. The number of aromatic nitrogens is 1. The molecule has 3 aromatic carbocycles. The first kappa shape index (κ1) is 16.8. The molecule has 4 rings (SSSR count). The molecule has 27 heavy (non-hydrogen) atoms. The molecule has 0 amide bonds. The standard InChI is InChI=1S/C22H15FN2O2/c23-18-9-7-15(8-10-18)12-16-13-17-4-3-11-24-22(17)20(14-16)19-5-1-2-6-21(19)25(26)27/h1-11,13-14H,12H2. The first-order valence-electron chi connectivity index (χ1n) is 8.48. The average molecular weight is 358 g/mol. The molecule has 132 valence electrons. The van der Waals surface area contributed by atoms with E-state index in [1.807, 2.05) is 24.3 Å². The van der Waals surface area contributed by atoms with E-state index in [1.54, 1.807) is 36.5 Å². The summed E-state index contributed by atoms with van der Waals surface area (Å²) in [5.74, 6) is -0.276. The number of benzene rings is 3. The lowest BCUT2D eigenvalue weighted by molar-refractivity contribution is -0.384. The Balaban J connectivity index is 1.89. The Hall–Kier alpha value is -3.60. The van der Waals surface area contributed by atoms with Crippen LogP contribution >= 0.6 is 0 Å². The van der Waals surface area contributed by atoms with Crippen LogP contribution in [0.5, 0.6) is 0 Å². The molecule has 0 atom stereocenters. The predicted octanol–water partition coefficient (Wildman–Crippen LogP) is 5.54. The number of nitro benzene ring substituents is 1. The Kier molecular flexibility index (Phi) is 4.34. The summed E-state index contributed by atoms with van der Waals surface area (Å²) in [6.07, 6.45) is 2.28. The van der Waals surface area contributed by atoms with Crippen molar-refractivity contribution in [3.63, 3.8) is 0 Å². The van der Waals surface area contributed by atoms with Crippen LogP contribution in [-0.4, -0.2) is 9.91 Å². The molecule has 0 N–H and O–H groups in total. The molecular weight excluding hydrogens is 343 g/mol. The zero-order valence-corrected chi connectivity index (χ0v) is 14.3. The maximum Gasteiger partial charge on any atom is 0.277 e. The van der Waals surface area contributed by atoms with Crippen LogP contribution in [0.3, 0.4) is 0 Å². The van der Waals surface area contributed by atoms with Gasteiger partial charge in [-0.1, -0.05) is 30.3 Å². The minimum Gasteiger partial charge on any atom is -0.258 e. The number of nitrogens with zero attached hydrogens (tertiary/aromatic N) is 2. The summed E-state index contributed by atoms with van der Waals surface area (Å²) in [6, 6.07) is 20.7. The Morgan fingerprint density at radius 3 is 2.44 bits per heavy atom. The normalized spacial score (nSPS) is 10.9. The minimum absolute atomic E-state index is 0.0448. The van der Waals surface area contributed by atoms with Gasteiger partial charge in [-0.05, 0) is 53.9 Å². The third kappa shape index (κ3) is 3.40. The third-order valence-electron chi connectivity index (χ3n) is 4.48. The molecule has 4 aromatic rings. The second-order valence-electron chi connectivity index (χ2n) is 6.30. The summed E-state index contributed by atoms with van der Waals surface area (Å²) in [5, 5.41) is 12.4. The fraction of sp³-hybridized carbons (Fsp3) is 0.0455. The highest BCUT2D eigenvalue weighted by atomic mass is 19.1. The van der Waals surface area contributed by atoms with Crippen LogP contribution in [0.2, 0.25) is 0 Å². The first-order valence-corrected chi connectivity index (χ1v) is 8.48. The van der Waals surface area contributed by atoms with Gasteiger partial charge in [-0.3, -0.25) is 15.1 Å². The molecule has 4 nitrogen and oxygen atoms in total. The lowest BCUT2D eigenvalue weighted by Gasteiger charge is -2.11. The largest absolute Gasteiger partial charge is 0.277 e. The number of hydrogen-bond acceptors (Lipinski definition) is 3. The fourth-order valence-electron chi connectivity index (χ4n) is 3.26. The molecule has 0 saturated heterocycles. The lowest BCUT2D eigenvalue weighted by atomic mass is 9.95. The van der Waals surface area contributed by atoms with Crippen molar-refractivity contribution in [2.75, 3.05) is 0 Å². The number of pyridine rings is 1. The van der Waals surface area contributed by atoms with E-state index in [9.17, 15) is 14.5 Å². The molecular formula is C22H15FN2O2. The van der Waals surface area contributed by atoms with Crippen molar-refractivity contribution in [2.45, 2.75) is 6.42 Å². The van der Waals surface area contributed by atoms with Crippen molar-refractivity contribution in [1.82, 2.24) is 4.98 Å². The zero-order chi connectivity index (χ0) is 18.8. The SMILES string of the molecule is O=[N+]([O-])c1ccccc1-c1cc(Cc2ccc(F)cc2)cc2cccnc12. The number of halogens is 1. The number of nitro groups is 1. The number of fused-ring (bicyclic) bond motifs is 1. The van der Waals surface area contributed by atoms with E-state index >= 15 is 0 Å². The van der Waals surface area contributed by atoms with Gasteiger partial charge in [0.1, 0.15) is 5.82 Å². The predicted molar refractivity (Wildman–Crippen MR) is 103 cm³/mol. The molecule has 0 bridgehead atoms. The van der Waals surface area contributed by atoms with Crippen LogP contribution in [-0.2, 0) is 6.42 Å². The van der Waals surface area contributed by atoms with Crippen molar-refractivity contribution in [3.8, 4) is 11.1 Å². The second-order valence-corrected chi connectivity index (χ2v) is 6.30. The summed E-state index contributed by atoms with van der Waals surface area (Å²) < 4.78 is 13.2. The van der Waals surface area contributed by atoms with E-state index in [1.165, 1.54) is 18.2 Å². The molecule has 0 aliphatic rings. The monoisotopic (exact) mass is 358 g/mol. The van der Waals surface area contributed by atoms with E-state index in [4.69, 9.17) is 0 Å². The summed E-state index contributed by atoms with van der Waals surface area (Å²) in [6.45, 7) is 0. The number of hydrogen-bond donors (Lipinski definition) is 0. The first-order chi connectivity index (χ1) is 13.1. The van der Waals surface area contributed by atoms with E-state index in [0.29, 0.717) is 12.0 Å². The number of rotatable bonds is 4. The average Bonchev–Trinajstić information content (AvgIpc) is 2.69. The van der Waals surface area contributed by atoms with Crippen molar-refractivity contribution < 1.29 is 9.31 Å². The van der Waals surface area contributed by atoms with Gasteiger partial charge in [0, 0.05) is 23.2 Å². The van der Waals surface area contributed by atoms with Crippen LogP contribution < -0.4 is 0 Å². The Labute approximate surface area is 155 Å². The van der Waals surface area contributed by atoms with Gasteiger partial charge in [0.05, 0.1) is 16.0 Å². The molecule has 0 unspecified atom stereocenters. The van der Waals surface area contributed by atoms with Crippen LogP contribution in [0.15, 0.2) is 79.0 Å². The molecule has 0 spiro atoms. The summed E-state index contributed by atoms with van der Waals surface area (Å²) >= 11 is 0. The highest BCUT2D eigenvalue weighted by molar-refractivity contribution is 5.96. The van der Waals surface area contributed by atoms with Crippen LogP contribution in [0, 0.1) is 15.9 Å². The second kappa shape index (κ2) is 6.96. The zero-order valence-electron chi connectivity index (χ0n) is 14.3. The van der Waals surface area contributed by atoms with Gasteiger partial charge in [0.25, 0.3) is 5.69 Å². The molecule has 1 aromatic heterocycles. The summed E-state index contributed by atoms with van der Waals surface area (Å²) in [7, 11) is 0. The highest BCUT2D eigenvalue weighted by Crippen LogP contribution is 2.35. The maximum atomic E-state index is 13.2. The smallest absolute Gasteiger partial charge is 0.258 e. The molecule has 0 fully saturated rings. The highest BCUT2D eigenvalue weighted by Gasteiger charge is 2.17.